The van der Waals surface area contributed by atoms with Crippen LogP contribution in [0.1, 0.15) is 36.3 Å². The van der Waals surface area contributed by atoms with Crippen LogP contribution in [0.5, 0.6) is 0 Å². The first kappa shape index (κ1) is 11.0. The van der Waals surface area contributed by atoms with Crippen molar-refractivity contribution >= 4 is 11.3 Å². The van der Waals surface area contributed by atoms with Gasteiger partial charge < -0.3 is 11.1 Å². The Kier molecular flexibility index (Phi) is 3.38. The molecule has 1 aliphatic carbocycles. The molecule has 1 fully saturated rings. The third kappa shape index (κ3) is 2.77. The number of thiazole rings is 1. The van der Waals surface area contributed by atoms with Gasteiger partial charge in [0.25, 0.3) is 0 Å². The number of nitrogens with zero attached hydrogens (tertiary/aromatic N) is 1. The van der Waals surface area contributed by atoms with E-state index in [9.17, 15) is 0 Å². The van der Waals surface area contributed by atoms with Crippen molar-refractivity contribution in [3.63, 3.8) is 0 Å². The van der Waals surface area contributed by atoms with Gasteiger partial charge in [-0.25, -0.2) is 4.98 Å². The maximum absolute atomic E-state index is 6.14. The minimum atomic E-state index is 0.149. The number of hydrogen-bond acceptors (Lipinski definition) is 4. The van der Waals surface area contributed by atoms with Crippen molar-refractivity contribution in [1.29, 1.82) is 0 Å². The van der Waals surface area contributed by atoms with E-state index in [1.165, 1.54) is 24.1 Å². The number of nitrogens with one attached hydrogen (secondary N) is 1. The van der Waals surface area contributed by atoms with E-state index in [0.717, 1.165) is 25.2 Å². The van der Waals surface area contributed by atoms with Gasteiger partial charge in [0.15, 0.2) is 0 Å². The van der Waals surface area contributed by atoms with Crippen molar-refractivity contribution < 1.29 is 0 Å². The highest BCUT2D eigenvalue weighted by Gasteiger charge is 2.31. The van der Waals surface area contributed by atoms with Crippen molar-refractivity contribution in [3.05, 3.63) is 16.1 Å². The van der Waals surface area contributed by atoms with Gasteiger partial charge in [0.2, 0.25) is 0 Å². The van der Waals surface area contributed by atoms with Crippen LogP contribution >= 0.6 is 11.3 Å². The van der Waals surface area contributed by atoms with E-state index in [1.54, 1.807) is 11.3 Å². The summed E-state index contributed by atoms with van der Waals surface area (Å²) >= 11 is 1.72. The molecule has 0 atom stereocenters. The minimum absolute atomic E-state index is 0.149. The summed E-state index contributed by atoms with van der Waals surface area (Å²) < 4.78 is 0. The summed E-state index contributed by atoms with van der Waals surface area (Å²) in [7, 11) is 0. The molecule has 0 bridgehead atoms. The molecule has 1 saturated carbocycles. The first-order chi connectivity index (χ1) is 7.20. The molecule has 1 aromatic rings. The van der Waals surface area contributed by atoms with Gasteiger partial charge >= 0.3 is 0 Å². The minimum Gasteiger partial charge on any atom is -0.325 e. The average molecular weight is 225 g/mol. The largest absolute Gasteiger partial charge is 0.325 e. The smallest absolute Gasteiger partial charge is 0.0798 e. The van der Waals surface area contributed by atoms with Crippen LogP contribution in [-0.2, 0) is 6.54 Å². The predicted octanol–water partition coefficient (Wildman–Crippen LogP) is 1.81. The summed E-state index contributed by atoms with van der Waals surface area (Å²) in [4.78, 5) is 5.57. The standard InChI is InChI=1S/C11H19N3S/c1-9-10(15-8-14-9)7-13-6-5-11(12)3-2-4-11/h8,13H,2-7,12H2,1H3. The number of hydrogen-bond donors (Lipinski definition) is 2. The summed E-state index contributed by atoms with van der Waals surface area (Å²) in [6.07, 6.45) is 4.82. The van der Waals surface area contributed by atoms with Crippen LogP contribution in [0.4, 0.5) is 0 Å². The molecule has 15 heavy (non-hydrogen) atoms. The Morgan fingerprint density at radius 2 is 2.40 bits per heavy atom. The third-order valence-electron chi connectivity index (χ3n) is 3.28. The molecule has 3 nitrogen and oxygen atoms in total. The van der Waals surface area contributed by atoms with Crippen LogP contribution in [0.2, 0.25) is 0 Å². The summed E-state index contributed by atoms with van der Waals surface area (Å²) in [6, 6.07) is 0. The molecule has 1 aromatic heterocycles. The molecular formula is C11H19N3S. The first-order valence-electron chi connectivity index (χ1n) is 5.58. The molecule has 1 aliphatic rings. The maximum atomic E-state index is 6.14. The number of rotatable bonds is 5. The van der Waals surface area contributed by atoms with Crippen molar-refractivity contribution in [3.8, 4) is 0 Å². The summed E-state index contributed by atoms with van der Waals surface area (Å²) in [5, 5.41) is 3.44. The van der Waals surface area contributed by atoms with Gasteiger partial charge in [-0.05, 0) is 39.2 Å². The third-order valence-corrected chi connectivity index (χ3v) is 4.21. The van der Waals surface area contributed by atoms with Crippen LogP contribution in [0.15, 0.2) is 5.51 Å². The number of aryl methyl sites for hydroxylation is 1. The second kappa shape index (κ2) is 4.60. The molecular weight excluding hydrogens is 206 g/mol. The lowest BCUT2D eigenvalue weighted by Gasteiger charge is -2.38. The lowest BCUT2D eigenvalue weighted by Crippen LogP contribution is -2.48. The molecule has 0 saturated heterocycles. The molecule has 0 aliphatic heterocycles. The van der Waals surface area contributed by atoms with Gasteiger partial charge in [0.1, 0.15) is 0 Å². The van der Waals surface area contributed by atoms with E-state index in [-0.39, 0.29) is 5.54 Å². The van der Waals surface area contributed by atoms with E-state index in [0.29, 0.717) is 0 Å². The van der Waals surface area contributed by atoms with Crippen molar-refractivity contribution in [2.24, 2.45) is 5.73 Å². The van der Waals surface area contributed by atoms with Crippen molar-refractivity contribution in [2.45, 2.75) is 44.7 Å². The zero-order chi connectivity index (χ0) is 10.7. The highest BCUT2D eigenvalue weighted by molar-refractivity contribution is 7.09. The molecule has 0 radical (unpaired) electrons. The zero-order valence-electron chi connectivity index (χ0n) is 9.25. The lowest BCUT2D eigenvalue weighted by molar-refractivity contribution is 0.229. The summed E-state index contributed by atoms with van der Waals surface area (Å²) in [5.74, 6) is 0. The fourth-order valence-corrected chi connectivity index (χ4v) is 2.66. The van der Waals surface area contributed by atoms with Crippen LogP contribution in [-0.4, -0.2) is 17.1 Å². The van der Waals surface area contributed by atoms with E-state index < -0.39 is 0 Å². The fourth-order valence-electron chi connectivity index (χ4n) is 1.92. The Morgan fingerprint density at radius 1 is 1.60 bits per heavy atom. The zero-order valence-corrected chi connectivity index (χ0v) is 10.1. The van der Waals surface area contributed by atoms with Gasteiger partial charge in [-0.3, -0.25) is 0 Å². The van der Waals surface area contributed by atoms with E-state index in [4.69, 9.17) is 5.73 Å². The lowest BCUT2D eigenvalue weighted by atomic mass is 9.75. The van der Waals surface area contributed by atoms with E-state index in [1.807, 2.05) is 5.51 Å². The van der Waals surface area contributed by atoms with Crippen molar-refractivity contribution in [2.75, 3.05) is 6.54 Å². The molecule has 1 heterocycles. The predicted molar refractivity (Wildman–Crippen MR) is 63.9 cm³/mol. The van der Waals surface area contributed by atoms with Crippen LogP contribution in [0, 0.1) is 6.92 Å². The van der Waals surface area contributed by atoms with Gasteiger partial charge in [0.05, 0.1) is 11.2 Å². The second-order valence-corrected chi connectivity index (χ2v) is 5.44. The molecule has 4 heteroatoms. The maximum Gasteiger partial charge on any atom is 0.0798 e. The SMILES string of the molecule is Cc1ncsc1CNCCC1(N)CCC1. The van der Waals surface area contributed by atoms with Crippen LogP contribution < -0.4 is 11.1 Å². The average Bonchev–Trinajstić information content (AvgIpc) is 2.56. The van der Waals surface area contributed by atoms with Crippen LogP contribution in [0.3, 0.4) is 0 Å². The summed E-state index contributed by atoms with van der Waals surface area (Å²) in [5.41, 5.74) is 9.35. The Bertz CT molecular complexity index is 317. The highest BCUT2D eigenvalue weighted by atomic mass is 32.1. The van der Waals surface area contributed by atoms with Gasteiger partial charge in [-0.2, -0.15) is 0 Å². The Hall–Kier alpha value is -0.450. The van der Waals surface area contributed by atoms with Crippen LogP contribution in [0.25, 0.3) is 0 Å². The molecule has 3 N–H and O–H groups in total. The Labute approximate surface area is 95.1 Å². The number of nitrogens with two attached hydrogens (primary N) is 1. The molecule has 2 rings (SSSR count). The first-order valence-corrected chi connectivity index (χ1v) is 6.46. The van der Waals surface area contributed by atoms with E-state index >= 15 is 0 Å². The monoisotopic (exact) mass is 225 g/mol. The molecule has 0 aromatic carbocycles. The van der Waals surface area contributed by atoms with Gasteiger partial charge in [-0.1, -0.05) is 0 Å². The molecule has 0 spiro atoms. The highest BCUT2D eigenvalue weighted by Crippen LogP contribution is 2.31. The molecule has 0 unspecified atom stereocenters. The second-order valence-electron chi connectivity index (χ2n) is 4.50. The topological polar surface area (TPSA) is 50.9 Å². The molecule has 84 valence electrons. The Morgan fingerprint density at radius 3 is 2.93 bits per heavy atom. The Balaban J connectivity index is 1.65. The van der Waals surface area contributed by atoms with Crippen molar-refractivity contribution in [1.82, 2.24) is 10.3 Å². The van der Waals surface area contributed by atoms with Gasteiger partial charge in [-0.15, -0.1) is 11.3 Å². The molecule has 0 amide bonds. The normalized spacial score (nSPS) is 18.8. The summed E-state index contributed by atoms with van der Waals surface area (Å²) in [6.45, 7) is 4.02. The van der Waals surface area contributed by atoms with E-state index in [2.05, 4.69) is 17.2 Å². The quantitative estimate of drug-likeness (QED) is 0.751. The number of aromatic nitrogens is 1. The van der Waals surface area contributed by atoms with Gasteiger partial charge in [0, 0.05) is 17.0 Å². The fraction of sp³-hybridized carbons (Fsp3) is 0.727.